The zero-order valence-corrected chi connectivity index (χ0v) is 16.8. The van der Waals surface area contributed by atoms with Gasteiger partial charge in [0.2, 0.25) is 0 Å². The lowest BCUT2D eigenvalue weighted by molar-refractivity contribution is -0.136. The van der Waals surface area contributed by atoms with E-state index >= 15 is 0 Å². The van der Waals surface area contributed by atoms with Crippen LogP contribution in [0, 0.1) is 13.8 Å². The van der Waals surface area contributed by atoms with Crippen LogP contribution in [0.1, 0.15) is 16.7 Å². The molecule has 0 bridgehead atoms. The van der Waals surface area contributed by atoms with Crippen molar-refractivity contribution in [3.63, 3.8) is 0 Å². The van der Waals surface area contributed by atoms with E-state index in [0.29, 0.717) is 16.9 Å². The van der Waals surface area contributed by atoms with Crippen LogP contribution < -0.4 is 4.74 Å². The van der Waals surface area contributed by atoms with Gasteiger partial charge >= 0.3 is 5.97 Å². The third-order valence-corrected chi connectivity index (χ3v) is 4.85. The molecule has 0 saturated carbocycles. The monoisotopic (exact) mass is 416 g/mol. The highest BCUT2D eigenvalue weighted by atomic mass is 35.5. The first-order valence-corrected chi connectivity index (χ1v) is 9.28. The molecule has 3 rings (SSSR count). The van der Waals surface area contributed by atoms with Crippen LogP contribution in [0.3, 0.4) is 0 Å². The minimum absolute atomic E-state index is 0.134. The number of aromatic hydroxyl groups is 1. The molecule has 0 spiro atoms. The van der Waals surface area contributed by atoms with Crippen molar-refractivity contribution in [3.8, 4) is 28.4 Å². The molecule has 0 unspecified atom stereocenters. The molecule has 2 N–H and O–H groups in total. The number of ether oxygens (including phenoxy) is 1. The number of hydrogen-bond acceptors (Lipinski definition) is 3. The number of rotatable bonds is 5. The van der Waals surface area contributed by atoms with E-state index in [2.05, 4.69) is 0 Å². The van der Waals surface area contributed by atoms with E-state index in [1.165, 1.54) is 12.1 Å². The van der Waals surface area contributed by atoms with Crippen LogP contribution in [0.2, 0.25) is 10.0 Å². The quantitative estimate of drug-likeness (QED) is 0.504. The summed E-state index contributed by atoms with van der Waals surface area (Å²) in [5.74, 6) is -0.161. The topological polar surface area (TPSA) is 66.8 Å². The van der Waals surface area contributed by atoms with E-state index < -0.39 is 5.97 Å². The molecule has 0 aliphatic rings. The van der Waals surface area contributed by atoms with Gasteiger partial charge in [-0.15, -0.1) is 0 Å². The number of carbonyl (C=O) groups is 1. The van der Waals surface area contributed by atoms with Gasteiger partial charge in [0.05, 0.1) is 16.5 Å². The minimum Gasteiger partial charge on any atom is -0.507 e. The van der Waals surface area contributed by atoms with E-state index in [0.717, 1.165) is 16.7 Å². The van der Waals surface area contributed by atoms with Crippen molar-refractivity contribution < 1.29 is 19.7 Å². The number of carboxylic acid groups (broad SMARTS) is 1. The highest BCUT2D eigenvalue weighted by Gasteiger charge is 2.15. The van der Waals surface area contributed by atoms with Crippen molar-refractivity contribution in [1.82, 2.24) is 0 Å². The fourth-order valence-electron chi connectivity index (χ4n) is 2.92. The van der Waals surface area contributed by atoms with E-state index in [-0.39, 0.29) is 28.0 Å². The summed E-state index contributed by atoms with van der Waals surface area (Å²) >= 11 is 12.5. The maximum absolute atomic E-state index is 10.9. The predicted octanol–water partition coefficient (Wildman–Crippen LogP) is 6.40. The number of carboxylic acids is 1. The molecule has 6 heteroatoms. The summed E-state index contributed by atoms with van der Waals surface area (Å²) in [6.07, 6.45) is -0.185. The highest BCUT2D eigenvalue weighted by molar-refractivity contribution is 6.37. The summed E-state index contributed by atoms with van der Waals surface area (Å²) < 4.78 is 5.86. The molecule has 144 valence electrons. The molecular formula is C22H18Cl2O4. The molecule has 0 atom stereocenters. The molecule has 0 radical (unpaired) electrons. The number of halogens is 2. The Morgan fingerprint density at radius 3 is 2.29 bits per heavy atom. The van der Waals surface area contributed by atoms with Crippen LogP contribution in [0.5, 0.6) is 17.2 Å². The highest BCUT2D eigenvalue weighted by Crippen LogP contribution is 2.40. The lowest BCUT2D eigenvalue weighted by Gasteiger charge is -2.14. The molecule has 0 amide bonds. The normalized spacial score (nSPS) is 10.7. The van der Waals surface area contributed by atoms with E-state index in [1.54, 1.807) is 18.2 Å². The first-order valence-electron chi connectivity index (χ1n) is 8.53. The van der Waals surface area contributed by atoms with Gasteiger partial charge in [-0.1, -0.05) is 47.0 Å². The number of aliphatic carboxylic acids is 1. The van der Waals surface area contributed by atoms with E-state index in [1.807, 2.05) is 32.0 Å². The Kier molecular flexibility index (Phi) is 5.82. The van der Waals surface area contributed by atoms with Gasteiger partial charge in [-0.05, 0) is 60.9 Å². The summed E-state index contributed by atoms with van der Waals surface area (Å²) in [5, 5.41) is 19.7. The fourth-order valence-corrected chi connectivity index (χ4v) is 3.53. The summed E-state index contributed by atoms with van der Waals surface area (Å²) in [5.41, 5.74) is 4.11. The summed E-state index contributed by atoms with van der Waals surface area (Å²) in [4.78, 5) is 10.9. The number of benzene rings is 3. The molecule has 3 aromatic rings. The first-order chi connectivity index (χ1) is 13.2. The average molecular weight is 417 g/mol. The molecule has 0 saturated heterocycles. The van der Waals surface area contributed by atoms with Gasteiger partial charge in [0, 0.05) is 5.56 Å². The lowest BCUT2D eigenvalue weighted by Crippen LogP contribution is -2.00. The maximum atomic E-state index is 10.9. The Labute approximate surface area is 172 Å². The van der Waals surface area contributed by atoms with Crippen molar-refractivity contribution in [2.24, 2.45) is 0 Å². The van der Waals surface area contributed by atoms with E-state index in [9.17, 15) is 9.90 Å². The van der Waals surface area contributed by atoms with Crippen LogP contribution in [-0.4, -0.2) is 16.2 Å². The van der Waals surface area contributed by atoms with Crippen molar-refractivity contribution in [3.05, 3.63) is 75.3 Å². The van der Waals surface area contributed by atoms with Crippen molar-refractivity contribution >= 4 is 29.2 Å². The Morgan fingerprint density at radius 1 is 0.964 bits per heavy atom. The third-order valence-electron chi connectivity index (χ3n) is 4.28. The van der Waals surface area contributed by atoms with Gasteiger partial charge in [-0.2, -0.15) is 0 Å². The van der Waals surface area contributed by atoms with Crippen molar-refractivity contribution in [2.45, 2.75) is 20.3 Å². The van der Waals surface area contributed by atoms with Gasteiger partial charge in [-0.3, -0.25) is 4.79 Å². The smallest absolute Gasteiger partial charge is 0.307 e. The second kappa shape index (κ2) is 8.13. The first kappa shape index (κ1) is 20.1. The molecule has 3 aromatic carbocycles. The second-order valence-corrected chi connectivity index (χ2v) is 7.37. The zero-order chi connectivity index (χ0) is 20.4. The van der Waals surface area contributed by atoms with Gasteiger partial charge in [0.15, 0.2) is 5.75 Å². The van der Waals surface area contributed by atoms with E-state index in [4.69, 9.17) is 33.0 Å². The zero-order valence-electron chi connectivity index (χ0n) is 15.3. The summed E-state index contributed by atoms with van der Waals surface area (Å²) in [7, 11) is 0. The van der Waals surface area contributed by atoms with Gasteiger partial charge in [-0.25, -0.2) is 0 Å². The fraction of sp³-hybridized carbons (Fsp3) is 0.136. The largest absolute Gasteiger partial charge is 0.507 e. The molecule has 0 fully saturated rings. The standard InChI is InChI=1S/C22H18Cl2O4/c1-12-3-4-13(2)16(7-12)17-11-15(5-6-20(17)25)28-22-18(23)8-14(9-19(22)24)10-21(26)27/h3-9,11,25H,10H2,1-2H3,(H,26,27). The Hall–Kier alpha value is -2.69. The molecule has 0 heterocycles. The SMILES string of the molecule is Cc1ccc(C)c(-c2cc(Oc3c(Cl)cc(CC(=O)O)cc3Cl)ccc2O)c1. The molecule has 0 aromatic heterocycles. The maximum Gasteiger partial charge on any atom is 0.307 e. The summed E-state index contributed by atoms with van der Waals surface area (Å²) in [6.45, 7) is 3.95. The second-order valence-electron chi connectivity index (χ2n) is 6.56. The van der Waals surface area contributed by atoms with Crippen LogP contribution >= 0.6 is 23.2 Å². The summed E-state index contributed by atoms with van der Waals surface area (Å²) in [6, 6.07) is 13.9. The molecule has 28 heavy (non-hydrogen) atoms. The minimum atomic E-state index is -0.975. The third kappa shape index (κ3) is 4.41. The van der Waals surface area contributed by atoms with Gasteiger partial charge in [0.25, 0.3) is 0 Å². The Balaban J connectivity index is 1.98. The van der Waals surface area contributed by atoms with Crippen LogP contribution in [-0.2, 0) is 11.2 Å². The number of phenols is 1. The number of hydrogen-bond donors (Lipinski definition) is 2. The van der Waals surface area contributed by atoms with Crippen LogP contribution in [0.15, 0.2) is 48.5 Å². The lowest BCUT2D eigenvalue weighted by atomic mass is 9.97. The van der Waals surface area contributed by atoms with Crippen LogP contribution in [0.25, 0.3) is 11.1 Å². The van der Waals surface area contributed by atoms with Gasteiger partial charge < -0.3 is 14.9 Å². The molecule has 0 aliphatic heterocycles. The predicted molar refractivity (Wildman–Crippen MR) is 111 cm³/mol. The average Bonchev–Trinajstić information content (AvgIpc) is 2.61. The van der Waals surface area contributed by atoms with Gasteiger partial charge in [0.1, 0.15) is 11.5 Å². The Bertz CT molecular complexity index is 1040. The molecular weight excluding hydrogens is 399 g/mol. The molecule has 4 nitrogen and oxygen atoms in total. The van der Waals surface area contributed by atoms with Crippen LogP contribution in [0.4, 0.5) is 0 Å². The Morgan fingerprint density at radius 2 is 1.64 bits per heavy atom. The molecule has 0 aliphatic carbocycles. The van der Waals surface area contributed by atoms with Crippen molar-refractivity contribution in [2.75, 3.05) is 0 Å². The number of phenolic OH excluding ortho intramolecular Hbond substituents is 1. The van der Waals surface area contributed by atoms with Crippen molar-refractivity contribution in [1.29, 1.82) is 0 Å². The number of aryl methyl sites for hydroxylation is 2.